The summed E-state index contributed by atoms with van der Waals surface area (Å²) in [6.07, 6.45) is 5.68. The molecule has 0 saturated carbocycles. The molecule has 3 heterocycles. The summed E-state index contributed by atoms with van der Waals surface area (Å²) in [4.78, 5) is 23.5. The van der Waals surface area contributed by atoms with Gasteiger partial charge in [0, 0.05) is 49.2 Å². The third-order valence-corrected chi connectivity index (χ3v) is 5.19. The van der Waals surface area contributed by atoms with Crippen LogP contribution in [0.5, 0.6) is 0 Å². The number of hydrogen-bond acceptors (Lipinski definition) is 3. The maximum absolute atomic E-state index is 14.0. The van der Waals surface area contributed by atoms with E-state index < -0.39 is 0 Å². The number of amides is 1. The molecule has 4 rings (SSSR count). The lowest BCUT2D eigenvalue weighted by atomic mass is 9.93. The average molecular weight is 375 g/mol. The van der Waals surface area contributed by atoms with Crippen molar-refractivity contribution in [2.45, 2.75) is 25.2 Å². The molecule has 0 bridgehead atoms. The average Bonchev–Trinajstić information content (AvgIpc) is 2.76. The first-order valence-corrected chi connectivity index (χ1v) is 9.59. The van der Waals surface area contributed by atoms with Crippen LogP contribution in [0.1, 0.15) is 46.1 Å². The van der Waals surface area contributed by atoms with Crippen molar-refractivity contribution in [1.29, 1.82) is 0 Å². The maximum Gasteiger partial charge on any atom is 0.255 e. The molecule has 1 amide bonds. The van der Waals surface area contributed by atoms with Gasteiger partial charge in [0.2, 0.25) is 0 Å². The summed E-state index contributed by atoms with van der Waals surface area (Å²) in [7, 11) is 0. The zero-order chi connectivity index (χ0) is 19.3. The van der Waals surface area contributed by atoms with E-state index in [-0.39, 0.29) is 17.6 Å². The van der Waals surface area contributed by atoms with Gasteiger partial charge in [0.15, 0.2) is 0 Å². The molecule has 0 radical (unpaired) electrons. The van der Waals surface area contributed by atoms with Crippen molar-refractivity contribution < 1.29 is 9.18 Å². The van der Waals surface area contributed by atoms with Gasteiger partial charge in [0.05, 0.1) is 5.56 Å². The molecule has 1 fully saturated rings. The molecule has 1 aromatic carbocycles. The van der Waals surface area contributed by atoms with Gasteiger partial charge in [-0.25, -0.2) is 4.39 Å². The van der Waals surface area contributed by atoms with E-state index in [0.29, 0.717) is 24.1 Å². The van der Waals surface area contributed by atoms with Crippen LogP contribution in [0.3, 0.4) is 0 Å². The summed E-state index contributed by atoms with van der Waals surface area (Å²) in [6.45, 7) is 1.39. The SMILES string of the molecule is O=C(c1cccnc1)N1CCCC(c2cccc(Cc3ccccc3F)n2)C1. The predicted octanol–water partition coefficient (Wildman–Crippen LogP) is 4.23. The Morgan fingerprint density at radius 1 is 1.11 bits per heavy atom. The van der Waals surface area contributed by atoms with Gasteiger partial charge in [-0.3, -0.25) is 14.8 Å². The Morgan fingerprint density at radius 2 is 2.00 bits per heavy atom. The molecular formula is C23H22FN3O. The van der Waals surface area contributed by atoms with E-state index in [1.165, 1.54) is 6.07 Å². The van der Waals surface area contributed by atoms with Gasteiger partial charge in [-0.05, 0) is 48.7 Å². The zero-order valence-electron chi connectivity index (χ0n) is 15.6. The fourth-order valence-electron chi connectivity index (χ4n) is 3.74. The third-order valence-electron chi connectivity index (χ3n) is 5.19. The number of likely N-dealkylation sites (tertiary alicyclic amines) is 1. The third kappa shape index (κ3) is 4.09. The van der Waals surface area contributed by atoms with Gasteiger partial charge in [-0.15, -0.1) is 0 Å². The van der Waals surface area contributed by atoms with E-state index in [1.54, 1.807) is 36.7 Å². The number of halogens is 1. The highest BCUT2D eigenvalue weighted by Gasteiger charge is 2.26. The molecule has 0 N–H and O–H groups in total. The standard InChI is InChI=1S/C23H22FN3O/c24-21-10-2-1-6-17(21)14-20-9-3-11-22(26-20)19-8-5-13-27(16-19)23(28)18-7-4-12-25-15-18/h1-4,6-7,9-12,15,19H,5,8,13-14,16H2. The minimum atomic E-state index is -0.208. The fraction of sp³-hybridized carbons (Fsp3) is 0.261. The van der Waals surface area contributed by atoms with Crippen LogP contribution in [-0.4, -0.2) is 33.9 Å². The highest BCUT2D eigenvalue weighted by molar-refractivity contribution is 5.94. The number of piperidine rings is 1. The van der Waals surface area contributed by atoms with Gasteiger partial charge in [-0.1, -0.05) is 24.3 Å². The molecule has 28 heavy (non-hydrogen) atoms. The molecule has 2 aromatic heterocycles. The Hall–Kier alpha value is -3.08. The highest BCUT2D eigenvalue weighted by atomic mass is 19.1. The first-order valence-electron chi connectivity index (χ1n) is 9.59. The van der Waals surface area contributed by atoms with Gasteiger partial charge < -0.3 is 4.90 Å². The first-order chi connectivity index (χ1) is 13.7. The molecule has 1 unspecified atom stereocenters. The summed E-state index contributed by atoms with van der Waals surface area (Å²) < 4.78 is 14.0. The predicted molar refractivity (Wildman–Crippen MR) is 106 cm³/mol. The van der Waals surface area contributed by atoms with Crippen LogP contribution in [0.15, 0.2) is 67.0 Å². The molecule has 1 aliphatic heterocycles. The number of rotatable bonds is 4. The Labute approximate surface area is 164 Å². The molecule has 1 aliphatic rings. The number of benzene rings is 1. The van der Waals surface area contributed by atoms with Crippen LogP contribution in [0, 0.1) is 5.82 Å². The Kier molecular flexibility index (Phi) is 5.42. The number of hydrogen-bond donors (Lipinski definition) is 0. The maximum atomic E-state index is 14.0. The van der Waals surface area contributed by atoms with E-state index in [2.05, 4.69) is 4.98 Å². The molecule has 1 atom stereocenters. The van der Waals surface area contributed by atoms with Gasteiger partial charge >= 0.3 is 0 Å². The van der Waals surface area contributed by atoms with E-state index in [1.807, 2.05) is 29.2 Å². The topological polar surface area (TPSA) is 46.1 Å². The molecular weight excluding hydrogens is 353 g/mol. The molecule has 0 spiro atoms. The molecule has 5 heteroatoms. The van der Waals surface area contributed by atoms with Crippen molar-refractivity contribution in [3.8, 4) is 0 Å². The Bertz CT molecular complexity index is 961. The monoisotopic (exact) mass is 375 g/mol. The smallest absolute Gasteiger partial charge is 0.255 e. The van der Waals surface area contributed by atoms with E-state index >= 15 is 0 Å². The lowest BCUT2D eigenvalue weighted by Gasteiger charge is -2.32. The largest absolute Gasteiger partial charge is 0.338 e. The van der Waals surface area contributed by atoms with Crippen LogP contribution in [0.2, 0.25) is 0 Å². The lowest BCUT2D eigenvalue weighted by molar-refractivity contribution is 0.0705. The highest BCUT2D eigenvalue weighted by Crippen LogP contribution is 2.27. The van der Waals surface area contributed by atoms with Crippen molar-refractivity contribution in [2.24, 2.45) is 0 Å². The fourth-order valence-corrected chi connectivity index (χ4v) is 3.74. The van der Waals surface area contributed by atoms with E-state index in [0.717, 1.165) is 30.8 Å². The normalized spacial score (nSPS) is 16.8. The second kappa shape index (κ2) is 8.30. The van der Waals surface area contributed by atoms with Crippen molar-refractivity contribution >= 4 is 5.91 Å². The second-order valence-electron chi connectivity index (χ2n) is 7.15. The lowest BCUT2D eigenvalue weighted by Crippen LogP contribution is -2.39. The van der Waals surface area contributed by atoms with E-state index in [9.17, 15) is 9.18 Å². The number of nitrogens with zero attached hydrogens (tertiary/aromatic N) is 3. The van der Waals surface area contributed by atoms with E-state index in [4.69, 9.17) is 4.98 Å². The summed E-state index contributed by atoms with van der Waals surface area (Å²) in [5.41, 5.74) is 3.07. The van der Waals surface area contributed by atoms with Crippen molar-refractivity contribution in [3.05, 3.63) is 95.3 Å². The Balaban J connectivity index is 1.49. The zero-order valence-corrected chi connectivity index (χ0v) is 15.6. The molecule has 3 aromatic rings. The van der Waals surface area contributed by atoms with Gasteiger partial charge in [-0.2, -0.15) is 0 Å². The van der Waals surface area contributed by atoms with Crippen LogP contribution in [-0.2, 0) is 6.42 Å². The molecule has 0 aliphatic carbocycles. The van der Waals surface area contributed by atoms with Crippen LogP contribution >= 0.6 is 0 Å². The number of aromatic nitrogens is 2. The quantitative estimate of drug-likeness (QED) is 0.686. The first kappa shape index (κ1) is 18.3. The number of carbonyl (C=O) groups is 1. The number of pyridine rings is 2. The molecule has 142 valence electrons. The minimum absolute atomic E-state index is 0.0142. The second-order valence-corrected chi connectivity index (χ2v) is 7.15. The van der Waals surface area contributed by atoms with Crippen molar-refractivity contribution in [3.63, 3.8) is 0 Å². The summed E-state index contributed by atoms with van der Waals surface area (Å²) in [5.74, 6) is -0.00383. The van der Waals surface area contributed by atoms with Crippen LogP contribution in [0.4, 0.5) is 4.39 Å². The van der Waals surface area contributed by atoms with Crippen LogP contribution in [0.25, 0.3) is 0 Å². The molecule has 4 nitrogen and oxygen atoms in total. The summed E-state index contributed by atoms with van der Waals surface area (Å²) >= 11 is 0. The number of carbonyl (C=O) groups excluding carboxylic acids is 1. The summed E-state index contributed by atoms with van der Waals surface area (Å²) in [6, 6.07) is 16.3. The van der Waals surface area contributed by atoms with Crippen LogP contribution < -0.4 is 0 Å². The molecule has 1 saturated heterocycles. The van der Waals surface area contributed by atoms with Gasteiger partial charge in [0.25, 0.3) is 5.91 Å². The van der Waals surface area contributed by atoms with Gasteiger partial charge in [0.1, 0.15) is 5.82 Å². The minimum Gasteiger partial charge on any atom is -0.338 e. The van der Waals surface area contributed by atoms with Crippen molar-refractivity contribution in [1.82, 2.24) is 14.9 Å². The van der Waals surface area contributed by atoms with Crippen molar-refractivity contribution in [2.75, 3.05) is 13.1 Å². The summed E-state index contributed by atoms with van der Waals surface area (Å²) in [5, 5.41) is 0. The Morgan fingerprint density at radius 3 is 2.82 bits per heavy atom.